The highest BCUT2D eigenvalue weighted by Gasteiger charge is 2.30. The number of alkyl halides is 3. The van der Waals surface area contributed by atoms with Gasteiger partial charge >= 0.3 is 13.3 Å². The van der Waals surface area contributed by atoms with Crippen molar-refractivity contribution < 1.29 is 32.7 Å². The molecule has 3 rings (SSSR count). The molecule has 0 unspecified atom stereocenters. The van der Waals surface area contributed by atoms with Crippen molar-refractivity contribution in [1.82, 2.24) is 4.98 Å². The van der Waals surface area contributed by atoms with Gasteiger partial charge in [0.1, 0.15) is 18.1 Å². The quantitative estimate of drug-likeness (QED) is 0.634. The molecule has 5 nitrogen and oxygen atoms in total. The highest BCUT2D eigenvalue weighted by Crippen LogP contribution is 2.30. The van der Waals surface area contributed by atoms with Gasteiger partial charge in [0.2, 0.25) is 5.88 Å². The van der Waals surface area contributed by atoms with Crippen LogP contribution in [0.25, 0.3) is 0 Å². The lowest BCUT2D eigenvalue weighted by atomic mass is 9.79. The number of pyridine rings is 1. The molecule has 2 N–H and O–H groups in total. The molecule has 0 radical (unpaired) electrons. The third-order valence-electron chi connectivity index (χ3n) is 3.80. The first-order valence-corrected chi connectivity index (χ1v) is 8.21. The van der Waals surface area contributed by atoms with Gasteiger partial charge in [-0.05, 0) is 29.8 Å². The van der Waals surface area contributed by atoms with Crippen LogP contribution in [0.15, 0.2) is 66.9 Å². The van der Waals surface area contributed by atoms with Gasteiger partial charge in [0.15, 0.2) is 0 Å². The number of rotatable bonds is 6. The SMILES string of the molecule is OB(O)c1ccccc1OCc1ccc(Oc2ccc(C(F)(F)F)cn2)cc1. The fourth-order valence-electron chi connectivity index (χ4n) is 2.37. The summed E-state index contributed by atoms with van der Waals surface area (Å²) >= 11 is 0. The first-order chi connectivity index (χ1) is 13.3. The molecule has 0 saturated heterocycles. The number of hydrogen-bond donors (Lipinski definition) is 2. The van der Waals surface area contributed by atoms with E-state index in [0.717, 1.165) is 17.7 Å². The van der Waals surface area contributed by atoms with E-state index in [4.69, 9.17) is 9.47 Å². The highest BCUT2D eigenvalue weighted by atomic mass is 19.4. The zero-order valence-corrected chi connectivity index (χ0v) is 14.4. The molecule has 0 atom stereocenters. The number of halogens is 3. The van der Waals surface area contributed by atoms with Gasteiger partial charge in [0.05, 0.1) is 5.56 Å². The normalized spacial score (nSPS) is 11.2. The van der Waals surface area contributed by atoms with E-state index in [0.29, 0.717) is 17.7 Å². The topological polar surface area (TPSA) is 71.8 Å². The van der Waals surface area contributed by atoms with Gasteiger partial charge in [-0.1, -0.05) is 30.3 Å². The lowest BCUT2D eigenvalue weighted by Crippen LogP contribution is -2.31. The van der Waals surface area contributed by atoms with Gasteiger partial charge < -0.3 is 19.5 Å². The average molecular weight is 389 g/mol. The molecule has 0 aliphatic rings. The Morgan fingerprint density at radius 1 is 0.929 bits per heavy atom. The van der Waals surface area contributed by atoms with Crippen LogP contribution in [0, 0.1) is 0 Å². The molecule has 0 aliphatic carbocycles. The van der Waals surface area contributed by atoms with E-state index in [1.54, 1.807) is 48.5 Å². The Labute approximate surface area is 159 Å². The van der Waals surface area contributed by atoms with Crippen molar-refractivity contribution in [2.24, 2.45) is 0 Å². The molecule has 9 heteroatoms. The smallest absolute Gasteiger partial charge is 0.489 e. The minimum Gasteiger partial charge on any atom is -0.489 e. The number of nitrogens with zero attached hydrogens (tertiary/aromatic N) is 1. The van der Waals surface area contributed by atoms with Gasteiger partial charge in [-0.25, -0.2) is 4.98 Å². The summed E-state index contributed by atoms with van der Waals surface area (Å²) in [4.78, 5) is 3.65. The third-order valence-corrected chi connectivity index (χ3v) is 3.80. The van der Waals surface area contributed by atoms with Crippen LogP contribution in [0.4, 0.5) is 13.2 Å². The maximum atomic E-state index is 12.5. The van der Waals surface area contributed by atoms with Crippen LogP contribution < -0.4 is 14.9 Å². The lowest BCUT2D eigenvalue weighted by Gasteiger charge is -2.11. The molecule has 0 amide bonds. The van der Waals surface area contributed by atoms with Crippen molar-refractivity contribution in [2.75, 3.05) is 0 Å². The number of hydrogen-bond acceptors (Lipinski definition) is 5. The number of para-hydroxylation sites is 1. The Morgan fingerprint density at radius 2 is 1.64 bits per heavy atom. The minimum absolute atomic E-state index is 0.0443. The van der Waals surface area contributed by atoms with Crippen LogP contribution in [0.1, 0.15) is 11.1 Å². The number of benzene rings is 2. The fraction of sp³-hybridized carbons (Fsp3) is 0.105. The molecule has 2 aromatic carbocycles. The summed E-state index contributed by atoms with van der Waals surface area (Å²) in [6.45, 7) is 0.183. The van der Waals surface area contributed by atoms with E-state index in [1.165, 1.54) is 0 Å². The van der Waals surface area contributed by atoms with Crippen LogP contribution >= 0.6 is 0 Å². The standard InChI is InChI=1S/C19H15BF3NO4/c21-19(22,23)14-7-10-18(24-11-14)28-15-8-5-13(6-9-15)12-27-17-4-2-1-3-16(17)20(25)26/h1-11,25-26H,12H2. The lowest BCUT2D eigenvalue weighted by molar-refractivity contribution is -0.137. The Hall–Kier alpha value is -3.04. The largest absolute Gasteiger partial charge is 0.492 e. The van der Waals surface area contributed by atoms with Crippen molar-refractivity contribution in [3.8, 4) is 17.4 Å². The van der Waals surface area contributed by atoms with E-state index in [1.807, 2.05) is 0 Å². The van der Waals surface area contributed by atoms with Crippen LogP contribution in [0.3, 0.4) is 0 Å². The molecule has 0 bridgehead atoms. The van der Waals surface area contributed by atoms with Crippen molar-refractivity contribution in [2.45, 2.75) is 12.8 Å². The van der Waals surface area contributed by atoms with E-state index >= 15 is 0 Å². The highest BCUT2D eigenvalue weighted by molar-refractivity contribution is 6.59. The monoisotopic (exact) mass is 389 g/mol. The van der Waals surface area contributed by atoms with Crippen molar-refractivity contribution in [3.63, 3.8) is 0 Å². The molecular weight excluding hydrogens is 374 g/mol. The Kier molecular flexibility index (Phi) is 5.86. The second-order valence-electron chi connectivity index (χ2n) is 5.83. The average Bonchev–Trinajstić information content (AvgIpc) is 2.67. The van der Waals surface area contributed by atoms with Gasteiger partial charge in [-0.15, -0.1) is 0 Å². The summed E-state index contributed by atoms with van der Waals surface area (Å²) in [5.41, 5.74) is 0.200. The Morgan fingerprint density at radius 3 is 2.25 bits per heavy atom. The van der Waals surface area contributed by atoms with Crippen LogP contribution in [0.2, 0.25) is 0 Å². The summed E-state index contributed by atoms with van der Waals surface area (Å²) in [6.07, 6.45) is -3.73. The summed E-state index contributed by atoms with van der Waals surface area (Å²) in [5, 5.41) is 18.7. The number of aromatic nitrogens is 1. The summed E-state index contributed by atoms with van der Waals surface area (Å²) in [5.74, 6) is 0.803. The van der Waals surface area contributed by atoms with E-state index in [-0.39, 0.29) is 17.9 Å². The molecule has 3 aromatic rings. The van der Waals surface area contributed by atoms with Gasteiger partial charge in [-0.2, -0.15) is 13.2 Å². The van der Waals surface area contributed by atoms with Gasteiger partial charge in [-0.3, -0.25) is 0 Å². The molecule has 0 aliphatic heterocycles. The summed E-state index contributed by atoms with van der Waals surface area (Å²) in [7, 11) is -1.64. The van der Waals surface area contributed by atoms with Gasteiger partial charge in [0.25, 0.3) is 0 Å². The maximum Gasteiger partial charge on any atom is 0.492 e. The molecule has 0 saturated carbocycles. The molecular formula is C19H15BF3NO4. The summed E-state index contributed by atoms with van der Waals surface area (Å²) in [6, 6.07) is 15.3. The van der Waals surface area contributed by atoms with Crippen molar-refractivity contribution in [3.05, 3.63) is 78.0 Å². The Bertz CT molecular complexity index is 916. The first-order valence-electron chi connectivity index (χ1n) is 8.21. The molecule has 1 aromatic heterocycles. The van der Waals surface area contributed by atoms with Crippen molar-refractivity contribution >= 4 is 12.6 Å². The van der Waals surface area contributed by atoms with E-state index in [2.05, 4.69) is 4.98 Å². The minimum atomic E-state index is -4.45. The molecule has 1 heterocycles. The van der Waals surface area contributed by atoms with Crippen LogP contribution in [-0.2, 0) is 12.8 Å². The van der Waals surface area contributed by atoms with E-state index in [9.17, 15) is 23.2 Å². The zero-order valence-electron chi connectivity index (χ0n) is 14.4. The second-order valence-corrected chi connectivity index (χ2v) is 5.83. The second kappa shape index (κ2) is 8.32. The van der Waals surface area contributed by atoms with Crippen molar-refractivity contribution in [1.29, 1.82) is 0 Å². The Balaban J connectivity index is 1.61. The first kappa shape index (κ1) is 19.7. The summed E-state index contributed by atoms with van der Waals surface area (Å²) < 4.78 is 48.6. The maximum absolute atomic E-state index is 12.5. The zero-order chi connectivity index (χ0) is 20.1. The predicted octanol–water partition coefficient (Wildman–Crippen LogP) is 3.15. The van der Waals surface area contributed by atoms with E-state index < -0.39 is 18.9 Å². The third kappa shape index (κ3) is 5.02. The number of ether oxygens (including phenoxy) is 2. The van der Waals surface area contributed by atoms with Crippen LogP contribution in [0.5, 0.6) is 17.4 Å². The molecule has 28 heavy (non-hydrogen) atoms. The van der Waals surface area contributed by atoms with Gasteiger partial charge in [0, 0.05) is 17.7 Å². The fourth-order valence-corrected chi connectivity index (χ4v) is 2.37. The molecule has 0 fully saturated rings. The predicted molar refractivity (Wildman–Crippen MR) is 96.4 cm³/mol. The molecule has 0 spiro atoms. The molecule has 144 valence electrons. The van der Waals surface area contributed by atoms with Crippen LogP contribution in [-0.4, -0.2) is 22.2 Å².